The van der Waals surface area contributed by atoms with Gasteiger partial charge in [-0.2, -0.15) is 5.10 Å². The molecular formula is C13H21N3O5. The molecule has 1 amide bonds. The second kappa shape index (κ2) is 7.75. The molecule has 118 valence electrons. The van der Waals surface area contributed by atoms with E-state index < -0.39 is 11.5 Å². The first-order valence-electron chi connectivity index (χ1n) is 6.61. The molecule has 8 nitrogen and oxygen atoms in total. The zero-order valence-electron chi connectivity index (χ0n) is 12.5. The van der Waals surface area contributed by atoms with Crippen molar-refractivity contribution in [2.75, 3.05) is 31.7 Å². The molecule has 0 saturated heterocycles. The third-order valence-corrected chi connectivity index (χ3v) is 2.77. The van der Waals surface area contributed by atoms with Crippen LogP contribution in [0.2, 0.25) is 0 Å². The Labute approximate surface area is 123 Å². The first-order chi connectivity index (χ1) is 9.87. The van der Waals surface area contributed by atoms with E-state index in [1.807, 2.05) is 6.92 Å². The highest BCUT2D eigenvalue weighted by atomic mass is 16.5. The number of ether oxygens (including phenoxy) is 2. The number of amides is 1. The van der Waals surface area contributed by atoms with Crippen LogP contribution in [0.3, 0.4) is 0 Å². The molecule has 0 unspecified atom stereocenters. The van der Waals surface area contributed by atoms with Crippen molar-refractivity contribution in [2.24, 2.45) is 0 Å². The summed E-state index contributed by atoms with van der Waals surface area (Å²) in [7, 11) is 0. The van der Waals surface area contributed by atoms with Crippen LogP contribution in [0, 0.1) is 0 Å². The van der Waals surface area contributed by atoms with Gasteiger partial charge in [-0.25, -0.2) is 4.79 Å². The molecule has 0 fully saturated rings. The van der Waals surface area contributed by atoms with E-state index in [4.69, 9.17) is 14.6 Å². The van der Waals surface area contributed by atoms with Crippen LogP contribution in [-0.4, -0.2) is 53.2 Å². The van der Waals surface area contributed by atoms with Crippen molar-refractivity contribution in [3.05, 3.63) is 12.4 Å². The van der Waals surface area contributed by atoms with E-state index in [9.17, 15) is 9.59 Å². The number of nitrogens with zero attached hydrogens (tertiary/aromatic N) is 2. The summed E-state index contributed by atoms with van der Waals surface area (Å²) in [5, 5.41) is 15.6. The van der Waals surface area contributed by atoms with E-state index in [-0.39, 0.29) is 12.5 Å². The SMILES string of the molecule is CCOCCOCC(=O)Nc1cnn(C(C)(C)C(=O)O)c1. The van der Waals surface area contributed by atoms with E-state index in [1.54, 1.807) is 0 Å². The van der Waals surface area contributed by atoms with E-state index in [1.165, 1.54) is 30.9 Å². The van der Waals surface area contributed by atoms with Gasteiger partial charge in [-0.15, -0.1) is 0 Å². The van der Waals surface area contributed by atoms with Gasteiger partial charge in [0.25, 0.3) is 0 Å². The number of aliphatic carboxylic acids is 1. The number of hydrogen-bond acceptors (Lipinski definition) is 5. The molecule has 0 bridgehead atoms. The van der Waals surface area contributed by atoms with Gasteiger partial charge in [0.15, 0.2) is 5.54 Å². The van der Waals surface area contributed by atoms with Crippen LogP contribution >= 0.6 is 0 Å². The van der Waals surface area contributed by atoms with Gasteiger partial charge in [-0.1, -0.05) is 0 Å². The van der Waals surface area contributed by atoms with Gasteiger partial charge in [0.1, 0.15) is 6.61 Å². The Bertz CT molecular complexity index is 484. The van der Waals surface area contributed by atoms with Crippen LogP contribution in [0.1, 0.15) is 20.8 Å². The summed E-state index contributed by atoms with van der Waals surface area (Å²) in [5.74, 6) is -1.35. The third kappa shape index (κ3) is 5.16. The van der Waals surface area contributed by atoms with Crippen molar-refractivity contribution in [3.63, 3.8) is 0 Å². The molecule has 21 heavy (non-hydrogen) atoms. The minimum atomic E-state index is -1.18. The predicted octanol–water partition coefficient (Wildman–Crippen LogP) is 0.694. The number of carbonyl (C=O) groups excluding carboxylic acids is 1. The summed E-state index contributed by atoms with van der Waals surface area (Å²) >= 11 is 0. The summed E-state index contributed by atoms with van der Waals surface area (Å²) in [5.41, 5.74) is -0.764. The second-order valence-electron chi connectivity index (χ2n) is 4.84. The van der Waals surface area contributed by atoms with Crippen LogP contribution in [0.25, 0.3) is 0 Å². The molecule has 1 aromatic heterocycles. The van der Waals surface area contributed by atoms with Gasteiger partial charge in [0, 0.05) is 12.8 Å². The van der Waals surface area contributed by atoms with E-state index >= 15 is 0 Å². The molecule has 8 heteroatoms. The van der Waals surface area contributed by atoms with E-state index in [0.29, 0.717) is 25.5 Å². The fraction of sp³-hybridized carbons (Fsp3) is 0.615. The first kappa shape index (κ1) is 17.1. The maximum absolute atomic E-state index is 11.6. The number of carbonyl (C=O) groups is 2. The van der Waals surface area contributed by atoms with Crippen LogP contribution < -0.4 is 5.32 Å². The maximum Gasteiger partial charge on any atom is 0.331 e. The predicted molar refractivity (Wildman–Crippen MR) is 75.1 cm³/mol. The Morgan fingerprint density at radius 3 is 2.67 bits per heavy atom. The Balaban J connectivity index is 2.44. The summed E-state index contributed by atoms with van der Waals surface area (Å²) in [6.07, 6.45) is 2.86. The number of carboxylic acid groups (broad SMARTS) is 1. The molecule has 0 aliphatic carbocycles. The average molecular weight is 299 g/mol. The lowest BCUT2D eigenvalue weighted by atomic mass is 10.1. The van der Waals surface area contributed by atoms with Crippen molar-refractivity contribution >= 4 is 17.6 Å². The van der Waals surface area contributed by atoms with Gasteiger partial charge in [0.2, 0.25) is 5.91 Å². The molecule has 0 spiro atoms. The van der Waals surface area contributed by atoms with Crippen molar-refractivity contribution in [1.82, 2.24) is 9.78 Å². The number of aromatic nitrogens is 2. The van der Waals surface area contributed by atoms with Gasteiger partial charge < -0.3 is 19.9 Å². The molecule has 0 atom stereocenters. The number of carboxylic acids is 1. The second-order valence-corrected chi connectivity index (χ2v) is 4.84. The summed E-state index contributed by atoms with van der Waals surface area (Å²) < 4.78 is 11.5. The summed E-state index contributed by atoms with van der Waals surface area (Å²) in [6, 6.07) is 0. The van der Waals surface area contributed by atoms with Crippen LogP contribution in [0.15, 0.2) is 12.4 Å². The molecule has 0 aliphatic rings. The zero-order valence-corrected chi connectivity index (χ0v) is 12.5. The lowest BCUT2D eigenvalue weighted by Crippen LogP contribution is -2.35. The van der Waals surface area contributed by atoms with Crippen LogP contribution in [-0.2, 0) is 24.6 Å². The standard InChI is InChI=1S/C13H21N3O5/c1-4-20-5-6-21-9-11(17)15-10-7-14-16(8-10)13(2,3)12(18)19/h7-8H,4-6,9H2,1-3H3,(H,15,17)(H,18,19). The number of rotatable bonds is 9. The number of nitrogens with one attached hydrogen (secondary N) is 1. The Kier molecular flexibility index (Phi) is 6.32. The highest BCUT2D eigenvalue weighted by Crippen LogP contribution is 2.17. The number of anilines is 1. The molecule has 1 rings (SSSR count). The fourth-order valence-electron chi connectivity index (χ4n) is 1.42. The largest absolute Gasteiger partial charge is 0.479 e. The minimum Gasteiger partial charge on any atom is -0.479 e. The van der Waals surface area contributed by atoms with Crippen molar-refractivity contribution < 1.29 is 24.2 Å². The Hall–Kier alpha value is -1.93. The van der Waals surface area contributed by atoms with Gasteiger partial charge in [-0.05, 0) is 20.8 Å². The zero-order chi connectivity index (χ0) is 15.9. The van der Waals surface area contributed by atoms with Crippen molar-refractivity contribution in [2.45, 2.75) is 26.3 Å². The molecule has 1 aromatic rings. The lowest BCUT2D eigenvalue weighted by molar-refractivity contribution is -0.146. The van der Waals surface area contributed by atoms with Crippen molar-refractivity contribution in [3.8, 4) is 0 Å². The number of hydrogen-bond donors (Lipinski definition) is 2. The minimum absolute atomic E-state index is 0.0966. The van der Waals surface area contributed by atoms with E-state index in [2.05, 4.69) is 10.4 Å². The molecular weight excluding hydrogens is 278 g/mol. The normalized spacial score (nSPS) is 11.4. The molecule has 2 N–H and O–H groups in total. The Morgan fingerprint density at radius 1 is 1.38 bits per heavy atom. The average Bonchev–Trinajstić information content (AvgIpc) is 2.87. The topological polar surface area (TPSA) is 103 Å². The molecule has 0 saturated carbocycles. The molecule has 0 aliphatic heterocycles. The molecule has 0 radical (unpaired) electrons. The monoisotopic (exact) mass is 299 g/mol. The van der Waals surface area contributed by atoms with Gasteiger partial charge in [0.05, 0.1) is 25.1 Å². The third-order valence-electron chi connectivity index (χ3n) is 2.77. The van der Waals surface area contributed by atoms with Crippen molar-refractivity contribution in [1.29, 1.82) is 0 Å². The van der Waals surface area contributed by atoms with Crippen LogP contribution in [0.5, 0.6) is 0 Å². The smallest absolute Gasteiger partial charge is 0.331 e. The highest BCUT2D eigenvalue weighted by Gasteiger charge is 2.30. The quantitative estimate of drug-likeness (QED) is 0.650. The summed E-state index contributed by atoms with van der Waals surface area (Å²) in [4.78, 5) is 22.7. The first-order valence-corrected chi connectivity index (χ1v) is 6.61. The van der Waals surface area contributed by atoms with Crippen LogP contribution in [0.4, 0.5) is 5.69 Å². The molecule has 0 aromatic carbocycles. The molecule has 1 heterocycles. The fourth-order valence-corrected chi connectivity index (χ4v) is 1.42. The van der Waals surface area contributed by atoms with Gasteiger partial charge in [-0.3, -0.25) is 9.48 Å². The highest BCUT2D eigenvalue weighted by molar-refractivity contribution is 5.91. The maximum atomic E-state index is 11.6. The van der Waals surface area contributed by atoms with E-state index in [0.717, 1.165) is 0 Å². The summed E-state index contributed by atoms with van der Waals surface area (Å²) in [6.45, 7) is 6.20. The van der Waals surface area contributed by atoms with Gasteiger partial charge >= 0.3 is 5.97 Å². The lowest BCUT2D eigenvalue weighted by Gasteiger charge is -2.19. The Morgan fingerprint density at radius 2 is 2.05 bits per heavy atom.